The second kappa shape index (κ2) is 6.99. The number of aryl methyl sites for hydroxylation is 2. The smallest absolute Gasteiger partial charge is 0.254 e. The Morgan fingerprint density at radius 2 is 2.00 bits per heavy atom. The highest BCUT2D eigenvalue weighted by molar-refractivity contribution is 5.94. The molecule has 0 radical (unpaired) electrons. The Kier molecular flexibility index (Phi) is 4.37. The molecule has 8 nitrogen and oxygen atoms in total. The number of nitrogens with zero attached hydrogens (tertiary/aromatic N) is 6. The minimum absolute atomic E-state index is 0.123. The van der Waals surface area contributed by atoms with Gasteiger partial charge in [0.25, 0.3) is 5.91 Å². The molecule has 136 valence electrons. The van der Waals surface area contributed by atoms with Crippen molar-refractivity contribution in [1.82, 2.24) is 34.7 Å². The van der Waals surface area contributed by atoms with Gasteiger partial charge in [-0.05, 0) is 25.1 Å². The molecule has 0 fully saturated rings. The molecule has 0 bridgehead atoms. The van der Waals surface area contributed by atoms with Crippen molar-refractivity contribution in [1.29, 1.82) is 0 Å². The van der Waals surface area contributed by atoms with Crippen LogP contribution in [-0.4, -0.2) is 41.8 Å². The molecule has 0 unspecified atom stereocenters. The minimum Gasteiger partial charge on any atom is -0.352 e. The van der Waals surface area contributed by atoms with Crippen LogP contribution in [0.15, 0.2) is 49.1 Å². The Hall–Kier alpha value is -3.55. The molecule has 0 aliphatic carbocycles. The molecule has 1 amide bonds. The standard InChI is InChI=1S/C19H19N7O/c1-13-16(12-25(2)23-13)19(27)21-9-5-15-11-18-22-17(6-10-26(18)24-15)14-3-7-20-8-4-14/h3-4,6-8,10-12H,5,9H2,1-2H3,(H,21,27). The summed E-state index contributed by atoms with van der Waals surface area (Å²) in [6.45, 7) is 2.32. The van der Waals surface area contributed by atoms with Crippen LogP contribution in [0.3, 0.4) is 0 Å². The number of pyridine rings is 1. The van der Waals surface area contributed by atoms with Gasteiger partial charge in [0.2, 0.25) is 0 Å². The number of nitrogens with one attached hydrogen (secondary N) is 1. The molecule has 0 aromatic carbocycles. The van der Waals surface area contributed by atoms with Crippen molar-refractivity contribution in [2.24, 2.45) is 7.05 Å². The van der Waals surface area contributed by atoms with E-state index in [0.717, 1.165) is 28.3 Å². The molecule has 4 aromatic heterocycles. The molecule has 0 aliphatic rings. The Morgan fingerprint density at radius 1 is 1.19 bits per heavy atom. The van der Waals surface area contributed by atoms with E-state index >= 15 is 0 Å². The van der Waals surface area contributed by atoms with Gasteiger partial charge in [0.1, 0.15) is 0 Å². The Bertz CT molecular complexity index is 1100. The lowest BCUT2D eigenvalue weighted by atomic mass is 10.2. The van der Waals surface area contributed by atoms with Crippen LogP contribution in [0.4, 0.5) is 0 Å². The molecule has 4 rings (SSSR count). The highest BCUT2D eigenvalue weighted by atomic mass is 16.1. The van der Waals surface area contributed by atoms with Gasteiger partial charge in [0.15, 0.2) is 5.65 Å². The zero-order chi connectivity index (χ0) is 18.8. The van der Waals surface area contributed by atoms with Crippen molar-refractivity contribution in [2.45, 2.75) is 13.3 Å². The number of aromatic nitrogens is 6. The van der Waals surface area contributed by atoms with Gasteiger partial charge in [0.05, 0.1) is 22.6 Å². The van der Waals surface area contributed by atoms with Crippen LogP contribution in [0.5, 0.6) is 0 Å². The zero-order valence-corrected chi connectivity index (χ0v) is 15.1. The fourth-order valence-corrected chi connectivity index (χ4v) is 2.96. The maximum absolute atomic E-state index is 12.2. The summed E-state index contributed by atoms with van der Waals surface area (Å²) in [7, 11) is 1.80. The SMILES string of the molecule is Cc1nn(C)cc1C(=O)NCCc1cc2nc(-c3ccncc3)ccn2n1. The summed E-state index contributed by atoms with van der Waals surface area (Å²) in [4.78, 5) is 20.9. The molecule has 0 atom stereocenters. The molecule has 0 saturated heterocycles. The van der Waals surface area contributed by atoms with Gasteiger partial charge in [-0.15, -0.1) is 0 Å². The molecule has 1 N–H and O–H groups in total. The van der Waals surface area contributed by atoms with Gasteiger partial charge < -0.3 is 5.32 Å². The third-order valence-corrected chi connectivity index (χ3v) is 4.28. The molecule has 0 spiro atoms. The van der Waals surface area contributed by atoms with Gasteiger partial charge in [-0.1, -0.05) is 0 Å². The fraction of sp³-hybridized carbons (Fsp3) is 0.211. The Balaban J connectivity index is 1.43. The van der Waals surface area contributed by atoms with E-state index in [1.807, 2.05) is 37.4 Å². The first-order valence-corrected chi connectivity index (χ1v) is 8.64. The number of amides is 1. The molecule has 0 aliphatic heterocycles. The molecule has 0 saturated carbocycles. The van der Waals surface area contributed by atoms with Gasteiger partial charge in [-0.3, -0.25) is 14.5 Å². The van der Waals surface area contributed by atoms with Crippen molar-refractivity contribution in [3.8, 4) is 11.3 Å². The number of rotatable bonds is 5. The Labute approximate surface area is 155 Å². The van der Waals surface area contributed by atoms with E-state index in [9.17, 15) is 4.79 Å². The third kappa shape index (κ3) is 3.55. The van der Waals surface area contributed by atoms with E-state index < -0.39 is 0 Å². The summed E-state index contributed by atoms with van der Waals surface area (Å²) in [5.74, 6) is -0.123. The van der Waals surface area contributed by atoms with Crippen LogP contribution in [0, 0.1) is 6.92 Å². The number of fused-ring (bicyclic) bond motifs is 1. The van der Waals surface area contributed by atoms with Crippen LogP contribution in [0.25, 0.3) is 16.9 Å². The van der Waals surface area contributed by atoms with Crippen molar-refractivity contribution in [3.05, 3.63) is 66.0 Å². The second-order valence-corrected chi connectivity index (χ2v) is 6.29. The lowest BCUT2D eigenvalue weighted by Crippen LogP contribution is -2.26. The van der Waals surface area contributed by atoms with Gasteiger partial charge in [0, 0.05) is 56.4 Å². The number of carbonyl (C=O) groups excluding carboxylic acids is 1. The van der Waals surface area contributed by atoms with Crippen LogP contribution < -0.4 is 5.32 Å². The summed E-state index contributed by atoms with van der Waals surface area (Å²) in [6.07, 6.45) is 7.73. The zero-order valence-electron chi connectivity index (χ0n) is 15.1. The molecule has 27 heavy (non-hydrogen) atoms. The van der Waals surface area contributed by atoms with Crippen molar-refractivity contribution >= 4 is 11.6 Å². The maximum atomic E-state index is 12.2. The van der Waals surface area contributed by atoms with E-state index in [0.29, 0.717) is 18.5 Å². The topological polar surface area (TPSA) is 90.0 Å². The van der Waals surface area contributed by atoms with Crippen LogP contribution in [-0.2, 0) is 13.5 Å². The molecular formula is C19H19N7O. The lowest BCUT2D eigenvalue weighted by Gasteiger charge is -2.02. The Morgan fingerprint density at radius 3 is 2.74 bits per heavy atom. The van der Waals surface area contributed by atoms with Gasteiger partial charge >= 0.3 is 0 Å². The van der Waals surface area contributed by atoms with E-state index in [-0.39, 0.29) is 5.91 Å². The second-order valence-electron chi connectivity index (χ2n) is 6.29. The van der Waals surface area contributed by atoms with Crippen LogP contribution >= 0.6 is 0 Å². The van der Waals surface area contributed by atoms with Gasteiger partial charge in [-0.2, -0.15) is 10.2 Å². The van der Waals surface area contributed by atoms with Crippen molar-refractivity contribution < 1.29 is 4.79 Å². The summed E-state index contributed by atoms with van der Waals surface area (Å²) >= 11 is 0. The molecule has 4 heterocycles. The minimum atomic E-state index is -0.123. The average Bonchev–Trinajstić information content (AvgIpc) is 3.23. The first-order valence-electron chi connectivity index (χ1n) is 8.64. The largest absolute Gasteiger partial charge is 0.352 e. The van der Waals surface area contributed by atoms with E-state index in [2.05, 4.69) is 25.5 Å². The third-order valence-electron chi connectivity index (χ3n) is 4.28. The predicted molar refractivity (Wildman–Crippen MR) is 100 cm³/mol. The van der Waals surface area contributed by atoms with E-state index in [1.54, 1.807) is 34.8 Å². The lowest BCUT2D eigenvalue weighted by molar-refractivity contribution is 0.0953. The normalized spacial score (nSPS) is 11.0. The molecule has 4 aromatic rings. The average molecular weight is 361 g/mol. The number of hydrogen-bond donors (Lipinski definition) is 1. The maximum Gasteiger partial charge on any atom is 0.254 e. The summed E-state index contributed by atoms with van der Waals surface area (Å²) in [5.41, 5.74) is 4.84. The monoisotopic (exact) mass is 361 g/mol. The van der Waals surface area contributed by atoms with E-state index in [4.69, 9.17) is 0 Å². The van der Waals surface area contributed by atoms with Gasteiger partial charge in [-0.25, -0.2) is 9.50 Å². The van der Waals surface area contributed by atoms with Crippen molar-refractivity contribution in [2.75, 3.05) is 6.54 Å². The summed E-state index contributed by atoms with van der Waals surface area (Å²) in [6, 6.07) is 7.70. The first-order chi connectivity index (χ1) is 13.1. The quantitative estimate of drug-likeness (QED) is 0.585. The molecule has 8 heteroatoms. The van der Waals surface area contributed by atoms with Crippen LogP contribution in [0.2, 0.25) is 0 Å². The van der Waals surface area contributed by atoms with E-state index in [1.165, 1.54) is 0 Å². The number of carbonyl (C=O) groups is 1. The summed E-state index contributed by atoms with van der Waals surface area (Å²) < 4.78 is 3.38. The molecular weight excluding hydrogens is 342 g/mol. The highest BCUT2D eigenvalue weighted by Crippen LogP contribution is 2.16. The fourth-order valence-electron chi connectivity index (χ4n) is 2.96. The number of hydrogen-bond acceptors (Lipinski definition) is 5. The van der Waals surface area contributed by atoms with Crippen molar-refractivity contribution in [3.63, 3.8) is 0 Å². The summed E-state index contributed by atoms with van der Waals surface area (Å²) in [5, 5.41) is 11.6. The highest BCUT2D eigenvalue weighted by Gasteiger charge is 2.12. The van der Waals surface area contributed by atoms with Crippen LogP contribution in [0.1, 0.15) is 21.7 Å². The predicted octanol–water partition coefficient (Wildman–Crippen LogP) is 1.81. The first kappa shape index (κ1) is 16.9.